The number of ether oxygens (including phenoxy) is 1. The van der Waals surface area contributed by atoms with Crippen LogP contribution in [0.25, 0.3) is 0 Å². The molecule has 0 radical (unpaired) electrons. The Labute approximate surface area is 160 Å². The average Bonchev–Trinajstić information content (AvgIpc) is 2.53. The van der Waals surface area contributed by atoms with Crippen molar-refractivity contribution < 1.29 is 19.4 Å². The molecule has 1 rings (SSSR count). The standard InChI is InChI=1S/C18H29N3O4S/c1-13(2)11-15(18(24)19-8-7-17(22)23)21-12-14(5-6-16(21)26)25-10-9-20(3)4/h5-6,12-13,15H,7-11H2,1-4H3,(H,19,24)(H,22,23). The fourth-order valence-electron chi connectivity index (χ4n) is 2.36. The molecule has 0 aromatic carbocycles. The number of carboxylic acid groups (broad SMARTS) is 1. The van der Waals surface area contributed by atoms with Gasteiger partial charge in [-0.2, -0.15) is 0 Å². The number of likely N-dealkylation sites (N-methyl/N-ethyl adjacent to an activating group) is 1. The average molecular weight is 384 g/mol. The smallest absolute Gasteiger partial charge is 0.305 e. The first-order valence-electron chi connectivity index (χ1n) is 8.70. The van der Waals surface area contributed by atoms with Crippen molar-refractivity contribution in [2.45, 2.75) is 32.7 Å². The van der Waals surface area contributed by atoms with Gasteiger partial charge >= 0.3 is 5.97 Å². The van der Waals surface area contributed by atoms with E-state index in [2.05, 4.69) is 5.32 Å². The minimum atomic E-state index is -0.946. The third-order valence-corrected chi connectivity index (χ3v) is 4.04. The first-order valence-corrected chi connectivity index (χ1v) is 9.10. The van der Waals surface area contributed by atoms with Gasteiger partial charge in [0.25, 0.3) is 0 Å². The van der Waals surface area contributed by atoms with Crippen molar-refractivity contribution >= 4 is 24.1 Å². The van der Waals surface area contributed by atoms with Crippen molar-refractivity contribution in [1.82, 2.24) is 14.8 Å². The molecule has 0 spiro atoms. The number of pyridine rings is 1. The highest BCUT2D eigenvalue weighted by Gasteiger charge is 2.22. The minimum Gasteiger partial charge on any atom is -0.491 e. The molecule has 0 bridgehead atoms. The van der Waals surface area contributed by atoms with Gasteiger partial charge in [0.2, 0.25) is 5.91 Å². The highest BCUT2D eigenvalue weighted by atomic mass is 32.1. The molecule has 8 heteroatoms. The fraction of sp³-hybridized carbons (Fsp3) is 0.611. The van der Waals surface area contributed by atoms with Gasteiger partial charge in [-0.1, -0.05) is 26.1 Å². The number of rotatable bonds is 11. The number of carbonyl (C=O) groups excluding carboxylic acids is 1. The van der Waals surface area contributed by atoms with Gasteiger partial charge in [-0.25, -0.2) is 0 Å². The molecule has 1 unspecified atom stereocenters. The molecule has 146 valence electrons. The number of amides is 1. The number of nitrogens with one attached hydrogen (secondary N) is 1. The van der Waals surface area contributed by atoms with E-state index in [0.717, 1.165) is 6.54 Å². The maximum atomic E-state index is 12.6. The molecular formula is C18H29N3O4S. The summed E-state index contributed by atoms with van der Waals surface area (Å²) in [5, 5.41) is 11.4. The molecule has 1 aromatic heterocycles. The predicted octanol–water partition coefficient (Wildman–Crippen LogP) is 2.34. The number of aromatic nitrogens is 1. The summed E-state index contributed by atoms with van der Waals surface area (Å²) in [6.07, 6.45) is 2.23. The SMILES string of the molecule is CC(C)CC(C(=O)NCCC(=O)O)n1cc(OCCN(C)C)ccc1=S. The maximum Gasteiger partial charge on any atom is 0.305 e. The van der Waals surface area contributed by atoms with E-state index in [0.29, 0.717) is 23.4 Å². The molecular weight excluding hydrogens is 354 g/mol. The molecule has 0 saturated heterocycles. The zero-order valence-corrected chi connectivity index (χ0v) is 16.7. The van der Waals surface area contributed by atoms with Crippen molar-refractivity contribution in [3.8, 4) is 5.75 Å². The van der Waals surface area contributed by atoms with Gasteiger partial charge in [-0.15, -0.1) is 0 Å². The van der Waals surface area contributed by atoms with Crippen LogP contribution >= 0.6 is 12.2 Å². The summed E-state index contributed by atoms with van der Waals surface area (Å²) in [6.45, 7) is 5.45. The third-order valence-electron chi connectivity index (χ3n) is 3.69. The van der Waals surface area contributed by atoms with Crippen LogP contribution in [0.1, 0.15) is 32.7 Å². The summed E-state index contributed by atoms with van der Waals surface area (Å²) in [6, 6.07) is 3.04. The van der Waals surface area contributed by atoms with E-state index in [-0.39, 0.29) is 24.8 Å². The Bertz CT molecular complexity index is 658. The van der Waals surface area contributed by atoms with E-state index in [4.69, 9.17) is 22.1 Å². The van der Waals surface area contributed by atoms with Crippen LogP contribution in [0.15, 0.2) is 18.3 Å². The molecule has 0 aliphatic heterocycles. The van der Waals surface area contributed by atoms with Crippen LogP contribution in [0.2, 0.25) is 0 Å². The Morgan fingerprint density at radius 1 is 1.35 bits per heavy atom. The lowest BCUT2D eigenvalue weighted by Gasteiger charge is -2.23. The molecule has 0 aliphatic carbocycles. The van der Waals surface area contributed by atoms with Crippen LogP contribution in [0.5, 0.6) is 5.75 Å². The molecule has 1 amide bonds. The number of hydrogen-bond acceptors (Lipinski definition) is 5. The monoisotopic (exact) mass is 383 g/mol. The topological polar surface area (TPSA) is 83.8 Å². The summed E-state index contributed by atoms with van der Waals surface area (Å²) in [4.78, 5) is 25.3. The number of aliphatic carboxylic acids is 1. The molecule has 7 nitrogen and oxygen atoms in total. The summed E-state index contributed by atoms with van der Waals surface area (Å²) in [5.41, 5.74) is 0. The third kappa shape index (κ3) is 7.97. The summed E-state index contributed by atoms with van der Waals surface area (Å²) >= 11 is 5.39. The van der Waals surface area contributed by atoms with Gasteiger partial charge < -0.3 is 24.6 Å². The van der Waals surface area contributed by atoms with Gasteiger partial charge in [0.05, 0.1) is 6.42 Å². The number of carboxylic acids is 1. The van der Waals surface area contributed by atoms with E-state index < -0.39 is 12.0 Å². The van der Waals surface area contributed by atoms with Crippen molar-refractivity contribution in [2.24, 2.45) is 5.92 Å². The fourth-order valence-corrected chi connectivity index (χ4v) is 2.61. The van der Waals surface area contributed by atoms with Crippen LogP contribution in [0, 0.1) is 10.6 Å². The van der Waals surface area contributed by atoms with E-state index in [9.17, 15) is 9.59 Å². The second kappa shape index (κ2) is 10.9. The normalized spacial score (nSPS) is 12.2. The Morgan fingerprint density at radius 3 is 2.62 bits per heavy atom. The lowest BCUT2D eigenvalue weighted by atomic mass is 10.0. The summed E-state index contributed by atoms with van der Waals surface area (Å²) in [5.74, 6) is -0.266. The lowest BCUT2D eigenvalue weighted by Crippen LogP contribution is -2.35. The van der Waals surface area contributed by atoms with Crippen molar-refractivity contribution in [2.75, 3.05) is 33.8 Å². The van der Waals surface area contributed by atoms with E-state index in [1.54, 1.807) is 22.9 Å². The Hall–Kier alpha value is -1.93. The van der Waals surface area contributed by atoms with Crippen LogP contribution in [-0.4, -0.2) is 60.2 Å². The van der Waals surface area contributed by atoms with E-state index in [1.165, 1.54) is 0 Å². The zero-order valence-electron chi connectivity index (χ0n) is 15.9. The predicted molar refractivity (Wildman–Crippen MR) is 103 cm³/mol. The van der Waals surface area contributed by atoms with Gasteiger partial charge in [0.15, 0.2) is 0 Å². The second-order valence-corrected chi connectivity index (χ2v) is 7.26. The van der Waals surface area contributed by atoms with Crippen molar-refractivity contribution in [1.29, 1.82) is 0 Å². The van der Waals surface area contributed by atoms with Crippen molar-refractivity contribution in [3.05, 3.63) is 23.0 Å². The maximum absolute atomic E-state index is 12.6. The van der Waals surface area contributed by atoms with Gasteiger partial charge in [0, 0.05) is 19.3 Å². The quantitative estimate of drug-likeness (QED) is 0.571. The molecule has 0 fully saturated rings. The molecule has 1 atom stereocenters. The Balaban J connectivity index is 2.95. The number of nitrogens with zero attached hydrogens (tertiary/aromatic N) is 2. The molecule has 0 saturated carbocycles. The van der Waals surface area contributed by atoms with Gasteiger partial charge in [-0.3, -0.25) is 9.59 Å². The number of hydrogen-bond donors (Lipinski definition) is 2. The molecule has 2 N–H and O–H groups in total. The van der Waals surface area contributed by atoms with Gasteiger partial charge in [0.1, 0.15) is 23.0 Å². The van der Waals surface area contributed by atoms with E-state index >= 15 is 0 Å². The van der Waals surface area contributed by atoms with E-state index in [1.807, 2.05) is 32.8 Å². The van der Waals surface area contributed by atoms with Crippen LogP contribution in [0.3, 0.4) is 0 Å². The molecule has 0 aliphatic rings. The highest BCUT2D eigenvalue weighted by molar-refractivity contribution is 7.71. The van der Waals surface area contributed by atoms with Crippen LogP contribution in [-0.2, 0) is 9.59 Å². The first-order chi connectivity index (χ1) is 12.2. The summed E-state index contributed by atoms with van der Waals surface area (Å²) < 4.78 is 8.01. The zero-order chi connectivity index (χ0) is 19.7. The van der Waals surface area contributed by atoms with Crippen LogP contribution in [0.4, 0.5) is 0 Å². The minimum absolute atomic E-state index is 0.0924. The Morgan fingerprint density at radius 2 is 2.04 bits per heavy atom. The lowest BCUT2D eigenvalue weighted by molar-refractivity contribution is -0.137. The number of carbonyl (C=O) groups is 2. The van der Waals surface area contributed by atoms with Crippen LogP contribution < -0.4 is 10.1 Å². The molecule has 26 heavy (non-hydrogen) atoms. The highest BCUT2D eigenvalue weighted by Crippen LogP contribution is 2.22. The van der Waals surface area contributed by atoms with Crippen molar-refractivity contribution in [3.63, 3.8) is 0 Å². The Kier molecular flexibility index (Phi) is 9.29. The summed E-state index contributed by atoms with van der Waals surface area (Å²) in [7, 11) is 3.94. The van der Waals surface area contributed by atoms with Gasteiger partial charge in [-0.05, 0) is 38.6 Å². The second-order valence-electron chi connectivity index (χ2n) is 6.84. The largest absolute Gasteiger partial charge is 0.491 e. The first kappa shape index (κ1) is 22.1. The molecule has 1 heterocycles. The molecule has 1 aromatic rings.